The Kier molecular flexibility index (Phi) is 31.6. The van der Waals surface area contributed by atoms with Gasteiger partial charge in [0.05, 0.1) is 25.4 Å². The first-order valence-electron chi connectivity index (χ1n) is 8.64. The number of aliphatic hydroxyl groups excluding tert-OH is 2. The molecule has 0 aliphatic rings. The van der Waals surface area contributed by atoms with E-state index in [0.29, 0.717) is 6.61 Å². The molecule has 0 radical (unpaired) electrons. The van der Waals surface area contributed by atoms with Crippen LogP contribution in [-0.4, -0.2) is 63.8 Å². The summed E-state index contributed by atoms with van der Waals surface area (Å²) in [4.78, 5) is 19.9. The van der Waals surface area contributed by atoms with E-state index in [2.05, 4.69) is 27.7 Å². The van der Waals surface area contributed by atoms with E-state index in [9.17, 15) is 9.59 Å². The summed E-state index contributed by atoms with van der Waals surface area (Å²) in [5, 5.41) is 33.4. The molecule has 0 heterocycles. The van der Waals surface area contributed by atoms with Gasteiger partial charge in [-0.15, -0.1) is 0 Å². The van der Waals surface area contributed by atoms with Crippen molar-refractivity contribution in [2.45, 2.75) is 85.5 Å². The van der Waals surface area contributed by atoms with Crippen molar-refractivity contribution in [2.75, 3.05) is 13.2 Å². The van der Waals surface area contributed by atoms with Gasteiger partial charge >= 0.3 is 11.9 Å². The molecule has 0 aromatic carbocycles. The summed E-state index contributed by atoms with van der Waals surface area (Å²) in [6.45, 7) is 12.2. The smallest absolute Gasteiger partial charge is 0.320 e. The Bertz CT molecular complexity index is 284. The number of hydrogen-bond acceptors (Lipinski definition) is 6. The Morgan fingerprint density at radius 3 is 1.68 bits per heavy atom. The Labute approximate surface area is 152 Å². The van der Waals surface area contributed by atoms with Gasteiger partial charge in [-0.05, 0) is 20.3 Å². The summed E-state index contributed by atoms with van der Waals surface area (Å²) < 4.78 is 4.95. The van der Waals surface area contributed by atoms with Gasteiger partial charge in [0.15, 0.2) is 0 Å². The van der Waals surface area contributed by atoms with Crippen LogP contribution in [0.1, 0.15) is 67.2 Å². The van der Waals surface area contributed by atoms with Crippen LogP contribution in [0.4, 0.5) is 0 Å². The number of rotatable bonds is 8. The highest BCUT2D eigenvalue weighted by Crippen LogP contribution is 1.93. The lowest BCUT2D eigenvalue weighted by Crippen LogP contribution is -2.30. The molecule has 0 saturated heterocycles. The predicted octanol–water partition coefficient (Wildman–Crippen LogP) is 1.86. The molecule has 154 valence electrons. The molecule has 8 nitrogen and oxygen atoms in total. The fourth-order valence-electron chi connectivity index (χ4n) is 0.759. The summed E-state index contributed by atoms with van der Waals surface area (Å²) in [7, 11) is 0. The van der Waals surface area contributed by atoms with Crippen LogP contribution in [0.5, 0.6) is 0 Å². The highest BCUT2D eigenvalue weighted by atomic mass is 16.5. The van der Waals surface area contributed by atoms with Crippen LogP contribution in [0, 0.1) is 0 Å². The number of nitrogens with two attached hydrogens (primary N) is 1. The molecule has 2 unspecified atom stereocenters. The molecular formula is C17H39NO7. The fraction of sp³-hybridized carbons (Fsp3) is 0.882. The second-order valence-corrected chi connectivity index (χ2v) is 5.47. The highest BCUT2D eigenvalue weighted by molar-refractivity contribution is 5.74. The van der Waals surface area contributed by atoms with E-state index in [-0.39, 0.29) is 25.6 Å². The molecule has 8 heteroatoms. The molecule has 0 bridgehead atoms. The van der Waals surface area contributed by atoms with Crippen LogP contribution in [0.15, 0.2) is 0 Å². The molecule has 0 spiro atoms. The molecule has 0 fully saturated rings. The number of ether oxygens (including phenoxy) is 1. The zero-order valence-electron chi connectivity index (χ0n) is 16.6. The van der Waals surface area contributed by atoms with Gasteiger partial charge in [0.1, 0.15) is 6.04 Å². The second-order valence-electron chi connectivity index (χ2n) is 5.47. The Balaban J connectivity index is -0.000000135. The molecule has 0 saturated carbocycles. The largest absolute Gasteiger partial charge is 0.481 e. The normalized spacial score (nSPS) is 12.7. The topological polar surface area (TPSA) is 150 Å². The molecule has 0 aromatic heterocycles. The van der Waals surface area contributed by atoms with Crippen molar-refractivity contribution >= 4 is 11.9 Å². The van der Waals surface area contributed by atoms with Crippen LogP contribution in [-0.2, 0) is 14.3 Å². The van der Waals surface area contributed by atoms with Crippen molar-refractivity contribution in [1.29, 1.82) is 0 Å². The summed E-state index contributed by atoms with van der Waals surface area (Å²) in [5.74, 6) is -2.20. The van der Waals surface area contributed by atoms with Crippen LogP contribution in [0.3, 0.4) is 0 Å². The first kappa shape index (κ1) is 31.5. The fourth-order valence-corrected chi connectivity index (χ4v) is 0.759. The number of carboxylic acids is 2. The van der Waals surface area contributed by atoms with Gasteiger partial charge in [-0.25, -0.2) is 0 Å². The first-order valence-corrected chi connectivity index (χ1v) is 8.64. The van der Waals surface area contributed by atoms with Gasteiger partial charge in [0, 0.05) is 6.42 Å². The van der Waals surface area contributed by atoms with E-state index in [4.69, 9.17) is 30.9 Å². The first-order chi connectivity index (χ1) is 11.5. The standard InChI is InChI=1S/C6H14O3.C5H9NO4.2C3H8/c1-5(8)4-9-6(2)3-7;6-3(5(9)10)1-2-4(7)8;2*1-3-2/h5-8H,3-4H2,1-2H3;3H,1-2,6H2,(H,7,8)(H,9,10);2*3H2,1-2H3/t;3-;;/m.0../s1. The van der Waals surface area contributed by atoms with E-state index >= 15 is 0 Å². The Morgan fingerprint density at radius 2 is 1.44 bits per heavy atom. The van der Waals surface area contributed by atoms with Crippen molar-refractivity contribution in [3.63, 3.8) is 0 Å². The molecule has 0 aliphatic heterocycles. The molecule has 0 rings (SSSR count). The predicted molar refractivity (Wildman–Crippen MR) is 98.6 cm³/mol. The molecule has 0 aromatic rings. The quantitative estimate of drug-likeness (QED) is 0.435. The van der Waals surface area contributed by atoms with Crippen LogP contribution in [0.2, 0.25) is 0 Å². The van der Waals surface area contributed by atoms with E-state index in [0.717, 1.165) is 0 Å². The molecule has 25 heavy (non-hydrogen) atoms. The number of hydrogen-bond donors (Lipinski definition) is 5. The molecule has 6 N–H and O–H groups in total. The van der Waals surface area contributed by atoms with Crippen LogP contribution >= 0.6 is 0 Å². The molecule has 0 aliphatic carbocycles. The lowest BCUT2D eigenvalue weighted by Gasteiger charge is -2.10. The minimum Gasteiger partial charge on any atom is -0.481 e. The maximum atomic E-state index is 9.99. The zero-order valence-corrected chi connectivity index (χ0v) is 16.6. The van der Waals surface area contributed by atoms with Gasteiger partial charge in [0.25, 0.3) is 0 Å². The van der Waals surface area contributed by atoms with Crippen molar-refractivity contribution < 1.29 is 34.8 Å². The van der Waals surface area contributed by atoms with Crippen LogP contribution in [0.25, 0.3) is 0 Å². The minimum atomic E-state index is -1.17. The average Bonchev–Trinajstić information content (AvgIpc) is 2.52. The number of carboxylic acid groups (broad SMARTS) is 2. The van der Waals surface area contributed by atoms with Gasteiger partial charge in [0.2, 0.25) is 0 Å². The van der Waals surface area contributed by atoms with Crippen molar-refractivity contribution in [2.24, 2.45) is 5.73 Å². The molecule has 3 atom stereocenters. The Morgan fingerprint density at radius 1 is 1.04 bits per heavy atom. The maximum Gasteiger partial charge on any atom is 0.320 e. The van der Waals surface area contributed by atoms with E-state index < -0.39 is 24.1 Å². The summed E-state index contributed by atoms with van der Waals surface area (Å²) in [6, 6.07) is -1.06. The number of carbonyl (C=O) groups is 2. The van der Waals surface area contributed by atoms with Gasteiger partial charge < -0.3 is 30.9 Å². The van der Waals surface area contributed by atoms with Crippen molar-refractivity contribution in [3.05, 3.63) is 0 Å². The molecular weight excluding hydrogens is 330 g/mol. The molecule has 0 amide bonds. The van der Waals surface area contributed by atoms with Crippen LogP contribution < -0.4 is 5.73 Å². The van der Waals surface area contributed by atoms with Gasteiger partial charge in [-0.1, -0.05) is 40.5 Å². The summed E-state index contributed by atoms with van der Waals surface area (Å²) in [6.07, 6.45) is 1.66. The second kappa shape index (κ2) is 25.0. The van der Waals surface area contributed by atoms with Crippen molar-refractivity contribution in [3.8, 4) is 0 Å². The van der Waals surface area contributed by atoms with Gasteiger partial charge in [-0.3, -0.25) is 9.59 Å². The monoisotopic (exact) mass is 369 g/mol. The van der Waals surface area contributed by atoms with E-state index in [1.165, 1.54) is 12.8 Å². The lowest BCUT2D eigenvalue weighted by atomic mass is 10.2. The van der Waals surface area contributed by atoms with E-state index in [1.807, 2.05) is 0 Å². The SMILES string of the molecule is CC(O)COC(C)CO.CCC.CCC.N[C@@H](CCC(=O)O)C(=O)O. The van der Waals surface area contributed by atoms with Crippen molar-refractivity contribution in [1.82, 2.24) is 0 Å². The summed E-state index contributed by atoms with van der Waals surface area (Å²) in [5.41, 5.74) is 5.00. The highest BCUT2D eigenvalue weighted by Gasteiger charge is 2.12. The van der Waals surface area contributed by atoms with Gasteiger partial charge in [-0.2, -0.15) is 0 Å². The van der Waals surface area contributed by atoms with E-state index in [1.54, 1.807) is 13.8 Å². The third kappa shape index (κ3) is 45.0. The zero-order chi connectivity index (χ0) is 20.8. The Hall–Kier alpha value is -1.22. The summed E-state index contributed by atoms with van der Waals surface area (Å²) >= 11 is 0. The maximum absolute atomic E-state index is 9.99. The third-order valence-electron chi connectivity index (χ3n) is 1.87. The average molecular weight is 369 g/mol. The number of aliphatic carboxylic acids is 2. The minimum absolute atomic E-state index is 0.00667. The lowest BCUT2D eigenvalue weighted by molar-refractivity contribution is -0.139. The third-order valence-corrected chi connectivity index (χ3v) is 1.87. The number of aliphatic hydroxyl groups is 2.